The lowest BCUT2D eigenvalue weighted by Gasteiger charge is -2.33. The zero-order valence-electron chi connectivity index (χ0n) is 13.5. The summed E-state index contributed by atoms with van der Waals surface area (Å²) in [4.78, 5) is 5.18. The van der Waals surface area contributed by atoms with Gasteiger partial charge in [-0.15, -0.1) is 11.3 Å². The standard InChI is InChI=1S/C16H17F3N2O2S2/c1-11-10-20-15(24-11)14-4-2-3-9-21(14)25(22,23)13-7-5-12(6-8-13)16(17,18)19/h5-8,10,14H,2-4,9H2,1H3/t14-/m0/s1. The average Bonchev–Trinajstić information content (AvgIpc) is 3.00. The van der Waals surface area contributed by atoms with Crippen molar-refractivity contribution in [1.29, 1.82) is 0 Å². The van der Waals surface area contributed by atoms with Gasteiger partial charge in [-0.25, -0.2) is 13.4 Å². The molecule has 25 heavy (non-hydrogen) atoms. The highest BCUT2D eigenvalue weighted by atomic mass is 32.2. The van der Waals surface area contributed by atoms with Crippen LogP contribution in [0.4, 0.5) is 13.2 Å². The highest BCUT2D eigenvalue weighted by molar-refractivity contribution is 7.89. The predicted molar refractivity (Wildman–Crippen MR) is 88.8 cm³/mol. The third-order valence-corrected chi connectivity index (χ3v) is 7.10. The summed E-state index contributed by atoms with van der Waals surface area (Å²) in [6.07, 6.45) is -0.512. The molecule has 2 aromatic rings. The summed E-state index contributed by atoms with van der Waals surface area (Å²) in [6, 6.07) is 3.30. The molecule has 1 fully saturated rings. The van der Waals surface area contributed by atoms with Gasteiger partial charge >= 0.3 is 6.18 Å². The number of nitrogens with zero attached hydrogens (tertiary/aromatic N) is 2. The Morgan fingerprint density at radius 3 is 2.44 bits per heavy atom. The van der Waals surface area contributed by atoms with Crippen LogP contribution in [-0.4, -0.2) is 24.3 Å². The number of alkyl halides is 3. The molecule has 4 nitrogen and oxygen atoms in total. The van der Waals surface area contributed by atoms with Gasteiger partial charge in [-0.3, -0.25) is 0 Å². The second-order valence-corrected chi connectivity index (χ2v) is 9.12. The second-order valence-electron chi connectivity index (χ2n) is 5.96. The maximum Gasteiger partial charge on any atom is 0.416 e. The Balaban J connectivity index is 1.94. The summed E-state index contributed by atoms with van der Waals surface area (Å²) >= 11 is 1.45. The molecule has 1 saturated heterocycles. The fourth-order valence-corrected chi connectivity index (χ4v) is 5.57. The summed E-state index contributed by atoms with van der Waals surface area (Å²) in [5.41, 5.74) is -0.864. The smallest absolute Gasteiger partial charge is 0.248 e. The summed E-state index contributed by atoms with van der Waals surface area (Å²) in [7, 11) is -3.88. The molecule has 9 heteroatoms. The molecule has 0 bridgehead atoms. The molecule has 1 aromatic carbocycles. The maximum atomic E-state index is 13.0. The van der Waals surface area contributed by atoms with Crippen LogP contribution < -0.4 is 0 Å². The third kappa shape index (κ3) is 3.73. The van der Waals surface area contributed by atoms with E-state index in [-0.39, 0.29) is 10.9 Å². The van der Waals surface area contributed by atoms with Crippen LogP contribution in [0.2, 0.25) is 0 Å². The van der Waals surface area contributed by atoms with E-state index in [1.165, 1.54) is 15.6 Å². The van der Waals surface area contributed by atoms with Crippen molar-refractivity contribution in [1.82, 2.24) is 9.29 Å². The van der Waals surface area contributed by atoms with Crippen molar-refractivity contribution < 1.29 is 21.6 Å². The molecule has 1 atom stereocenters. The Kier molecular flexibility index (Phi) is 4.91. The minimum absolute atomic E-state index is 0.124. The lowest BCUT2D eigenvalue weighted by molar-refractivity contribution is -0.137. The van der Waals surface area contributed by atoms with Gasteiger partial charge in [0.05, 0.1) is 16.5 Å². The molecule has 0 unspecified atom stereocenters. The Bertz CT molecular complexity index is 845. The topological polar surface area (TPSA) is 50.3 Å². The summed E-state index contributed by atoms with van der Waals surface area (Å²) in [5, 5.41) is 0.729. The van der Waals surface area contributed by atoms with Gasteiger partial charge in [0.1, 0.15) is 5.01 Å². The molecule has 136 valence electrons. The monoisotopic (exact) mass is 390 g/mol. The SMILES string of the molecule is Cc1cnc([C@@H]2CCCCN2S(=O)(=O)c2ccc(C(F)(F)F)cc2)s1. The number of hydrogen-bond acceptors (Lipinski definition) is 4. The minimum Gasteiger partial charge on any atom is -0.248 e. The lowest BCUT2D eigenvalue weighted by Crippen LogP contribution is -2.38. The van der Waals surface area contributed by atoms with Gasteiger partial charge < -0.3 is 0 Å². The van der Waals surface area contributed by atoms with Crippen molar-refractivity contribution in [2.24, 2.45) is 0 Å². The Hall–Kier alpha value is -1.45. The molecule has 1 aliphatic heterocycles. The summed E-state index contributed by atoms with van der Waals surface area (Å²) in [6.45, 7) is 2.24. The predicted octanol–water partition coefficient (Wildman–Crippen LogP) is 4.39. The van der Waals surface area contributed by atoms with E-state index in [1.54, 1.807) is 6.20 Å². The normalized spacial score (nSPS) is 19.9. The molecule has 0 amide bonds. The number of piperidine rings is 1. The number of thiazole rings is 1. The maximum absolute atomic E-state index is 13.0. The van der Waals surface area contributed by atoms with Gasteiger partial charge in [0.25, 0.3) is 0 Å². The van der Waals surface area contributed by atoms with Crippen molar-refractivity contribution >= 4 is 21.4 Å². The first-order chi connectivity index (χ1) is 11.7. The molecule has 1 aromatic heterocycles. The first kappa shape index (κ1) is 18.3. The molecule has 3 rings (SSSR count). The van der Waals surface area contributed by atoms with Crippen LogP contribution in [0.1, 0.15) is 40.8 Å². The van der Waals surface area contributed by atoms with Crippen LogP contribution in [0.15, 0.2) is 35.4 Å². The quantitative estimate of drug-likeness (QED) is 0.781. The summed E-state index contributed by atoms with van der Waals surface area (Å²) < 4.78 is 65.4. The van der Waals surface area contributed by atoms with Gasteiger partial charge in [-0.05, 0) is 44.0 Å². The van der Waals surface area contributed by atoms with E-state index in [4.69, 9.17) is 0 Å². The first-order valence-electron chi connectivity index (χ1n) is 7.81. The van der Waals surface area contributed by atoms with Gasteiger partial charge in [0.2, 0.25) is 10.0 Å². The molecule has 0 N–H and O–H groups in total. The van der Waals surface area contributed by atoms with E-state index < -0.39 is 21.8 Å². The molecule has 2 heterocycles. The minimum atomic E-state index is -4.49. The van der Waals surface area contributed by atoms with E-state index in [0.29, 0.717) is 13.0 Å². The Morgan fingerprint density at radius 2 is 1.88 bits per heavy atom. The van der Waals surface area contributed by atoms with Crippen molar-refractivity contribution in [3.05, 3.63) is 45.9 Å². The second kappa shape index (κ2) is 6.69. The third-order valence-electron chi connectivity index (χ3n) is 4.17. The van der Waals surface area contributed by atoms with Gasteiger partial charge in [-0.2, -0.15) is 17.5 Å². The lowest BCUT2D eigenvalue weighted by atomic mass is 10.1. The molecule has 0 spiro atoms. The Morgan fingerprint density at radius 1 is 1.20 bits per heavy atom. The fraction of sp³-hybridized carbons (Fsp3) is 0.438. The molecule has 1 aliphatic rings. The van der Waals surface area contributed by atoms with Crippen LogP contribution >= 0.6 is 11.3 Å². The fourth-order valence-electron chi connectivity index (χ4n) is 2.92. The molecule has 0 saturated carbocycles. The van der Waals surface area contributed by atoms with Crippen molar-refractivity contribution in [2.75, 3.05) is 6.54 Å². The molecule has 0 radical (unpaired) electrons. The average molecular weight is 390 g/mol. The number of sulfonamides is 1. The first-order valence-corrected chi connectivity index (χ1v) is 10.1. The Labute approximate surface area is 148 Å². The van der Waals surface area contributed by atoms with Crippen LogP contribution in [0, 0.1) is 6.92 Å². The molecular weight excluding hydrogens is 373 g/mol. The number of aryl methyl sites for hydroxylation is 1. The number of rotatable bonds is 3. The van der Waals surface area contributed by atoms with Crippen LogP contribution in [0.5, 0.6) is 0 Å². The van der Waals surface area contributed by atoms with Crippen molar-refractivity contribution in [3.8, 4) is 0 Å². The van der Waals surface area contributed by atoms with Crippen molar-refractivity contribution in [3.63, 3.8) is 0 Å². The zero-order valence-corrected chi connectivity index (χ0v) is 15.1. The zero-order chi connectivity index (χ0) is 18.2. The highest BCUT2D eigenvalue weighted by Crippen LogP contribution is 2.37. The van der Waals surface area contributed by atoms with E-state index in [9.17, 15) is 21.6 Å². The van der Waals surface area contributed by atoms with E-state index in [0.717, 1.165) is 47.0 Å². The number of aromatic nitrogens is 1. The van der Waals surface area contributed by atoms with E-state index in [2.05, 4.69) is 4.98 Å². The highest BCUT2D eigenvalue weighted by Gasteiger charge is 2.37. The number of halogens is 3. The van der Waals surface area contributed by atoms with Crippen LogP contribution in [0.3, 0.4) is 0 Å². The van der Waals surface area contributed by atoms with Gasteiger partial charge in [0.15, 0.2) is 0 Å². The number of hydrogen-bond donors (Lipinski definition) is 0. The van der Waals surface area contributed by atoms with Crippen LogP contribution in [0.25, 0.3) is 0 Å². The summed E-state index contributed by atoms with van der Waals surface area (Å²) in [5.74, 6) is 0. The largest absolute Gasteiger partial charge is 0.416 e. The van der Waals surface area contributed by atoms with Gasteiger partial charge in [-0.1, -0.05) is 6.42 Å². The van der Waals surface area contributed by atoms with E-state index in [1.807, 2.05) is 6.92 Å². The molecule has 0 aliphatic carbocycles. The van der Waals surface area contributed by atoms with Crippen molar-refractivity contribution in [2.45, 2.75) is 43.3 Å². The van der Waals surface area contributed by atoms with Gasteiger partial charge in [0, 0.05) is 17.6 Å². The van der Waals surface area contributed by atoms with Crippen LogP contribution in [-0.2, 0) is 16.2 Å². The number of benzene rings is 1. The van der Waals surface area contributed by atoms with E-state index >= 15 is 0 Å². The molecular formula is C16H17F3N2O2S2.